The Morgan fingerprint density at radius 3 is 2.41 bits per heavy atom. The Kier molecular flexibility index (Phi) is 4.77. The number of benzene rings is 2. The summed E-state index contributed by atoms with van der Waals surface area (Å²) < 4.78 is 6.55. The molecular weight excluding hydrogens is 332 g/mol. The number of aryl methyl sites for hydroxylation is 2. The average molecular weight is 365 g/mol. The summed E-state index contributed by atoms with van der Waals surface area (Å²) in [5.74, 6) is 1.71. The number of fused-ring (bicyclic) bond motifs is 1. The molecule has 27 heavy (non-hydrogen) atoms. The fourth-order valence-corrected chi connectivity index (χ4v) is 4.92. The minimum absolute atomic E-state index is 0.0707. The molecule has 0 amide bonds. The van der Waals surface area contributed by atoms with E-state index < -0.39 is 0 Å². The molecule has 3 heteroatoms. The fraction of sp³-hybridized carbons (Fsp3) is 0.500. The van der Waals surface area contributed by atoms with Gasteiger partial charge in [0.1, 0.15) is 11.4 Å². The third kappa shape index (κ3) is 3.28. The Morgan fingerprint density at radius 1 is 1.07 bits per heavy atom. The molecule has 144 valence electrons. The first-order chi connectivity index (χ1) is 12.9. The van der Waals surface area contributed by atoms with Crippen molar-refractivity contribution in [3.05, 3.63) is 64.2 Å². The quantitative estimate of drug-likeness (QED) is 0.862. The van der Waals surface area contributed by atoms with E-state index in [1.807, 2.05) is 0 Å². The van der Waals surface area contributed by atoms with Crippen LogP contribution >= 0.6 is 0 Å². The van der Waals surface area contributed by atoms with Gasteiger partial charge in [0.25, 0.3) is 0 Å². The maximum absolute atomic E-state index is 6.73. The second kappa shape index (κ2) is 6.96. The third-order valence-electron chi connectivity index (χ3n) is 6.73. The number of nitrogens with zero attached hydrogens (tertiary/aromatic N) is 1. The van der Waals surface area contributed by atoms with E-state index in [9.17, 15) is 0 Å². The molecule has 3 nitrogen and oxygen atoms in total. The zero-order valence-electron chi connectivity index (χ0n) is 17.1. The van der Waals surface area contributed by atoms with Crippen LogP contribution in [0.4, 0.5) is 0 Å². The van der Waals surface area contributed by atoms with Crippen molar-refractivity contribution in [2.45, 2.75) is 58.1 Å². The minimum atomic E-state index is -0.356. The molecule has 0 saturated carbocycles. The van der Waals surface area contributed by atoms with E-state index in [4.69, 9.17) is 10.5 Å². The molecule has 0 bridgehead atoms. The molecule has 1 fully saturated rings. The zero-order valence-corrected chi connectivity index (χ0v) is 17.1. The van der Waals surface area contributed by atoms with Crippen LogP contribution in [-0.4, -0.2) is 30.1 Å². The Morgan fingerprint density at radius 2 is 1.74 bits per heavy atom. The highest BCUT2D eigenvalue weighted by atomic mass is 16.5. The molecule has 2 N–H and O–H groups in total. The molecule has 2 aromatic carbocycles. The molecule has 2 atom stereocenters. The normalized spacial score (nSPS) is 26.0. The summed E-state index contributed by atoms with van der Waals surface area (Å²) in [5.41, 5.74) is 12.8. The van der Waals surface area contributed by atoms with Crippen molar-refractivity contribution < 1.29 is 4.74 Å². The maximum Gasteiger partial charge on any atom is 0.138 e. The third-order valence-corrected chi connectivity index (χ3v) is 6.73. The van der Waals surface area contributed by atoms with Gasteiger partial charge < -0.3 is 10.5 Å². The number of rotatable bonds is 3. The van der Waals surface area contributed by atoms with Crippen molar-refractivity contribution in [1.29, 1.82) is 0 Å². The Labute approximate surface area is 163 Å². The van der Waals surface area contributed by atoms with Crippen molar-refractivity contribution >= 4 is 0 Å². The number of hydrogen-bond acceptors (Lipinski definition) is 3. The van der Waals surface area contributed by atoms with Crippen molar-refractivity contribution in [3.63, 3.8) is 0 Å². The van der Waals surface area contributed by atoms with Crippen LogP contribution in [0.2, 0.25) is 0 Å². The molecule has 2 heterocycles. The molecule has 2 aliphatic rings. The lowest BCUT2D eigenvalue weighted by Crippen LogP contribution is -2.50. The largest absolute Gasteiger partial charge is 0.484 e. The molecular formula is C24H32N2O. The van der Waals surface area contributed by atoms with Crippen LogP contribution < -0.4 is 10.5 Å². The minimum Gasteiger partial charge on any atom is -0.484 e. The van der Waals surface area contributed by atoms with E-state index in [0.29, 0.717) is 5.92 Å². The first kappa shape index (κ1) is 18.5. The van der Waals surface area contributed by atoms with E-state index in [1.165, 1.54) is 40.7 Å². The van der Waals surface area contributed by atoms with Gasteiger partial charge in [-0.2, -0.15) is 0 Å². The molecule has 0 aliphatic carbocycles. The second-order valence-electron chi connectivity index (χ2n) is 8.73. The first-order valence-electron chi connectivity index (χ1n) is 10.2. The summed E-state index contributed by atoms with van der Waals surface area (Å²) in [7, 11) is 0. The highest BCUT2D eigenvalue weighted by Crippen LogP contribution is 2.47. The highest BCUT2D eigenvalue weighted by molar-refractivity contribution is 5.55. The monoisotopic (exact) mass is 364 g/mol. The van der Waals surface area contributed by atoms with Gasteiger partial charge in [-0.25, -0.2) is 0 Å². The molecule has 2 aliphatic heterocycles. The Balaban J connectivity index is 1.46. The summed E-state index contributed by atoms with van der Waals surface area (Å²) in [6.07, 6.45) is 2.42. The van der Waals surface area contributed by atoms with Gasteiger partial charge in [0.2, 0.25) is 0 Å². The molecule has 0 aromatic heterocycles. The van der Waals surface area contributed by atoms with Crippen molar-refractivity contribution in [1.82, 2.24) is 4.90 Å². The lowest BCUT2D eigenvalue weighted by atomic mass is 9.86. The van der Waals surface area contributed by atoms with E-state index >= 15 is 0 Å². The smallest absolute Gasteiger partial charge is 0.138 e. The molecule has 0 radical (unpaired) electrons. The van der Waals surface area contributed by atoms with Gasteiger partial charge in [0.05, 0.1) is 6.04 Å². The maximum atomic E-state index is 6.73. The van der Waals surface area contributed by atoms with Crippen LogP contribution in [0.3, 0.4) is 0 Å². The fourth-order valence-electron chi connectivity index (χ4n) is 4.92. The number of ether oxygens (including phenoxy) is 1. The van der Waals surface area contributed by atoms with Crippen LogP contribution in [0.25, 0.3) is 0 Å². The zero-order chi connectivity index (χ0) is 19.2. The molecule has 2 aromatic rings. The van der Waals surface area contributed by atoms with Crippen LogP contribution in [0.1, 0.15) is 59.5 Å². The van der Waals surface area contributed by atoms with Crippen molar-refractivity contribution in [2.75, 3.05) is 19.6 Å². The Hall–Kier alpha value is -1.84. The molecule has 4 rings (SSSR count). The van der Waals surface area contributed by atoms with Gasteiger partial charge in [-0.15, -0.1) is 0 Å². The van der Waals surface area contributed by atoms with Crippen LogP contribution in [-0.2, 0) is 0 Å². The molecule has 2 unspecified atom stereocenters. The van der Waals surface area contributed by atoms with Gasteiger partial charge in [-0.05, 0) is 81.8 Å². The van der Waals surface area contributed by atoms with E-state index in [0.717, 1.165) is 25.4 Å². The lowest BCUT2D eigenvalue weighted by molar-refractivity contribution is 0.0341. The topological polar surface area (TPSA) is 38.5 Å². The van der Waals surface area contributed by atoms with Gasteiger partial charge in [0, 0.05) is 12.1 Å². The van der Waals surface area contributed by atoms with E-state index in [-0.39, 0.29) is 11.6 Å². The predicted molar refractivity (Wildman–Crippen MR) is 111 cm³/mol. The summed E-state index contributed by atoms with van der Waals surface area (Å²) in [4.78, 5) is 2.54. The van der Waals surface area contributed by atoms with Crippen LogP contribution in [0, 0.1) is 20.8 Å². The van der Waals surface area contributed by atoms with Gasteiger partial charge in [0.15, 0.2) is 0 Å². The second-order valence-corrected chi connectivity index (χ2v) is 8.73. The first-order valence-corrected chi connectivity index (χ1v) is 10.2. The van der Waals surface area contributed by atoms with Crippen molar-refractivity contribution in [3.8, 4) is 5.75 Å². The number of piperidine rings is 1. The van der Waals surface area contributed by atoms with E-state index in [2.05, 4.69) is 69.0 Å². The summed E-state index contributed by atoms with van der Waals surface area (Å²) in [5, 5.41) is 0. The molecule has 1 saturated heterocycles. The van der Waals surface area contributed by atoms with Gasteiger partial charge >= 0.3 is 0 Å². The number of hydrogen-bond donors (Lipinski definition) is 1. The standard InChI is InChI=1S/C24H32N2O/c1-16-14-17(2)21-22(18(16)3)27-24(4,23(21)25)15-26-12-10-20(11-13-26)19-8-6-5-7-9-19/h5-9,14,20,23H,10-13,15,25H2,1-4H3. The summed E-state index contributed by atoms with van der Waals surface area (Å²) >= 11 is 0. The van der Waals surface area contributed by atoms with Gasteiger partial charge in [-0.3, -0.25) is 4.90 Å². The van der Waals surface area contributed by atoms with Crippen LogP contribution in [0.15, 0.2) is 36.4 Å². The molecule has 0 spiro atoms. The van der Waals surface area contributed by atoms with Crippen molar-refractivity contribution in [2.24, 2.45) is 5.73 Å². The summed E-state index contributed by atoms with van der Waals surface area (Å²) in [6, 6.07) is 13.1. The number of nitrogens with two attached hydrogens (primary N) is 1. The average Bonchev–Trinajstić information content (AvgIpc) is 2.93. The highest BCUT2D eigenvalue weighted by Gasteiger charge is 2.45. The lowest BCUT2D eigenvalue weighted by Gasteiger charge is -2.38. The summed E-state index contributed by atoms with van der Waals surface area (Å²) in [6.45, 7) is 11.8. The Bertz CT molecular complexity index is 824. The van der Waals surface area contributed by atoms with Gasteiger partial charge in [-0.1, -0.05) is 36.4 Å². The predicted octanol–water partition coefficient (Wildman–Crippen LogP) is 4.64. The SMILES string of the molecule is Cc1cc(C)c2c(c1C)OC(C)(CN1CCC(c3ccccc3)CC1)C2N. The van der Waals surface area contributed by atoms with Crippen LogP contribution in [0.5, 0.6) is 5.75 Å². The number of likely N-dealkylation sites (tertiary alicyclic amines) is 1. The van der Waals surface area contributed by atoms with E-state index in [1.54, 1.807) is 0 Å².